The molecule has 2 rings (SSSR count). The Balaban J connectivity index is 1.92. The molecule has 0 aliphatic rings. The number of benzene rings is 2. The van der Waals surface area contributed by atoms with E-state index in [-0.39, 0.29) is 5.91 Å². The van der Waals surface area contributed by atoms with Gasteiger partial charge >= 0.3 is 0 Å². The summed E-state index contributed by atoms with van der Waals surface area (Å²) in [6.07, 6.45) is 0.838. The van der Waals surface area contributed by atoms with Crippen LogP contribution < -0.4 is 5.73 Å². The molecular formula is C17H20N2O. The molecule has 0 saturated heterocycles. The molecule has 2 aromatic carbocycles. The Morgan fingerprint density at radius 1 is 1.05 bits per heavy atom. The molecule has 0 unspecified atom stereocenters. The Morgan fingerprint density at radius 3 is 2.20 bits per heavy atom. The molecule has 0 aromatic heterocycles. The fourth-order valence-corrected chi connectivity index (χ4v) is 2.09. The monoisotopic (exact) mass is 268 g/mol. The third-order valence-electron chi connectivity index (χ3n) is 3.38. The SMILES string of the molecule is CN(CCc1ccccc1)C(=O)[C@@H](N)c1ccccc1. The summed E-state index contributed by atoms with van der Waals surface area (Å²) in [7, 11) is 1.80. The first-order valence-corrected chi connectivity index (χ1v) is 6.78. The summed E-state index contributed by atoms with van der Waals surface area (Å²) < 4.78 is 0. The normalized spacial score (nSPS) is 11.9. The van der Waals surface area contributed by atoms with Crippen LogP contribution in [0.25, 0.3) is 0 Å². The van der Waals surface area contributed by atoms with Gasteiger partial charge in [-0.1, -0.05) is 60.7 Å². The van der Waals surface area contributed by atoms with Gasteiger partial charge in [0.15, 0.2) is 0 Å². The summed E-state index contributed by atoms with van der Waals surface area (Å²) >= 11 is 0. The van der Waals surface area contributed by atoms with E-state index in [0.717, 1.165) is 12.0 Å². The van der Waals surface area contributed by atoms with E-state index in [4.69, 9.17) is 5.73 Å². The summed E-state index contributed by atoms with van der Waals surface area (Å²) in [5.74, 6) is -0.0490. The van der Waals surface area contributed by atoms with Crippen LogP contribution in [0.1, 0.15) is 17.2 Å². The van der Waals surface area contributed by atoms with Gasteiger partial charge in [0.1, 0.15) is 6.04 Å². The fraction of sp³-hybridized carbons (Fsp3) is 0.235. The molecule has 0 radical (unpaired) electrons. The lowest BCUT2D eigenvalue weighted by Gasteiger charge is -2.21. The molecule has 3 heteroatoms. The van der Waals surface area contributed by atoms with Gasteiger partial charge in [0.05, 0.1) is 0 Å². The molecule has 20 heavy (non-hydrogen) atoms. The van der Waals surface area contributed by atoms with E-state index in [1.54, 1.807) is 11.9 Å². The fourth-order valence-electron chi connectivity index (χ4n) is 2.09. The molecular weight excluding hydrogens is 248 g/mol. The first-order chi connectivity index (χ1) is 9.68. The topological polar surface area (TPSA) is 46.3 Å². The predicted octanol–water partition coefficient (Wildman–Crippen LogP) is 2.39. The predicted molar refractivity (Wildman–Crippen MR) is 81.2 cm³/mol. The Bertz CT molecular complexity index is 539. The molecule has 2 N–H and O–H groups in total. The van der Waals surface area contributed by atoms with Gasteiger partial charge < -0.3 is 10.6 Å². The average molecular weight is 268 g/mol. The molecule has 0 bridgehead atoms. The summed E-state index contributed by atoms with van der Waals surface area (Å²) in [5, 5.41) is 0. The lowest BCUT2D eigenvalue weighted by Crippen LogP contribution is -2.37. The van der Waals surface area contributed by atoms with Crippen LogP contribution in [-0.4, -0.2) is 24.4 Å². The van der Waals surface area contributed by atoms with Crippen molar-refractivity contribution in [1.82, 2.24) is 4.90 Å². The van der Waals surface area contributed by atoms with Gasteiger partial charge in [-0.2, -0.15) is 0 Å². The van der Waals surface area contributed by atoms with Gasteiger partial charge in [-0.3, -0.25) is 4.79 Å². The summed E-state index contributed by atoms with van der Waals surface area (Å²) in [4.78, 5) is 14.0. The van der Waals surface area contributed by atoms with Crippen molar-refractivity contribution in [2.45, 2.75) is 12.5 Å². The molecule has 0 spiro atoms. The second kappa shape index (κ2) is 6.87. The van der Waals surface area contributed by atoms with Crippen molar-refractivity contribution >= 4 is 5.91 Å². The van der Waals surface area contributed by atoms with Crippen molar-refractivity contribution < 1.29 is 4.79 Å². The zero-order valence-corrected chi connectivity index (χ0v) is 11.7. The zero-order valence-electron chi connectivity index (χ0n) is 11.7. The van der Waals surface area contributed by atoms with Gasteiger partial charge in [0, 0.05) is 13.6 Å². The van der Waals surface area contributed by atoms with E-state index in [1.807, 2.05) is 48.5 Å². The molecule has 0 saturated carbocycles. The smallest absolute Gasteiger partial charge is 0.243 e. The number of hydrogen-bond donors (Lipinski definition) is 1. The van der Waals surface area contributed by atoms with E-state index in [2.05, 4.69) is 12.1 Å². The summed E-state index contributed by atoms with van der Waals surface area (Å²) in [5.41, 5.74) is 8.09. The largest absolute Gasteiger partial charge is 0.344 e. The van der Waals surface area contributed by atoms with Crippen molar-refractivity contribution in [1.29, 1.82) is 0 Å². The highest BCUT2D eigenvalue weighted by Gasteiger charge is 2.19. The zero-order chi connectivity index (χ0) is 14.4. The van der Waals surface area contributed by atoms with Crippen LogP contribution in [0, 0.1) is 0 Å². The quantitative estimate of drug-likeness (QED) is 0.905. The highest BCUT2D eigenvalue weighted by molar-refractivity contribution is 5.82. The first kappa shape index (κ1) is 14.3. The summed E-state index contributed by atoms with van der Waals surface area (Å²) in [6.45, 7) is 0.670. The molecule has 0 fully saturated rings. The van der Waals surface area contributed by atoms with Gasteiger partial charge in [-0.25, -0.2) is 0 Å². The summed E-state index contributed by atoms with van der Waals surface area (Å²) in [6, 6.07) is 19.0. The minimum atomic E-state index is -0.586. The van der Waals surface area contributed by atoms with Crippen molar-refractivity contribution in [3.8, 4) is 0 Å². The van der Waals surface area contributed by atoms with Crippen molar-refractivity contribution in [2.75, 3.05) is 13.6 Å². The lowest BCUT2D eigenvalue weighted by molar-refractivity contribution is -0.131. The number of nitrogens with zero attached hydrogens (tertiary/aromatic N) is 1. The van der Waals surface area contributed by atoms with Gasteiger partial charge in [0.2, 0.25) is 5.91 Å². The molecule has 3 nitrogen and oxygen atoms in total. The minimum Gasteiger partial charge on any atom is -0.344 e. The van der Waals surface area contributed by atoms with E-state index in [9.17, 15) is 4.79 Å². The Kier molecular flexibility index (Phi) is 4.91. The first-order valence-electron chi connectivity index (χ1n) is 6.78. The molecule has 2 aromatic rings. The number of carbonyl (C=O) groups excluding carboxylic acids is 1. The van der Waals surface area contributed by atoms with Crippen molar-refractivity contribution in [2.24, 2.45) is 5.73 Å². The van der Waals surface area contributed by atoms with Gasteiger partial charge in [-0.15, -0.1) is 0 Å². The van der Waals surface area contributed by atoms with Crippen molar-refractivity contribution in [3.05, 3.63) is 71.8 Å². The van der Waals surface area contributed by atoms with Crippen LogP contribution in [0.5, 0.6) is 0 Å². The van der Waals surface area contributed by atoms with Crippen molar-refractivity contribution in [3.63, 3.8) is 0 Å². The van der Waals surface area contributed by atoms with Crippen LogP contribution in [-0.2, 0) is 11.2 Å². The minimum absolute atomic E-state index is 0.0490. The van der Waals surface area contributed by atoms with Crippen LogP contribution in [0.15, 0.2) is 60.7 Å². The molecule has 1 atom stereocenters. The molecule has 0 heterocycles. The number of hydrogen-bond acceptors (Lipinski definition) is 2. The second-order valence-electron chi connectivity index (χ2n) is 4.88. The average Bonchev–Trinajstić information content (AvgIpc) is 2.53. The van der Waals surface area contributed by atoms with Crippen LogP contribution in [0.2, 0.25) is 0 Å². The highest BCUT2D eigenvalue weighted by atomic mass is 16.2. The maximum absolute atomic E-state index is 12.3. The Labute approximate surface area is 120 Å². The van der Waals surface area contributed by atoms with E-state index >= 15 is 0 Å². The third kappa shape index (κ3) is 3.68. The number of likely N-dealkylation sites (N-methyl/N-ethyl adjacent to an activating group) is 1. The number of rotatable bonds is 5. The number of amides is 1. The standard InChI is InChI=1S/C17H20N2O/c1-19(13-12-14-8-4-2-5-9-14)17(20)16(18)15-10-6-3-7-11-15/h2-11,16H,12-13,18H2,1H3/t16-/m0/s1. The molecule has 0 aliphatic carbocycles. The van der Waals surface area contributed by atoms with Gasteiger partial charge in [0.25, 0.3) is 0 Å². The maximum atomic E-state index is 12.3. The molecule has 104 valence electrons. The Hall–Kier alpha value is -2.13. The number of nitrogens with two attached hydrogens (primary N) is 1. The third-order valence-corrected chi connectivity index (χ3v) is 3.38. The van der Waals surface area contributed by atoms with E-state index in [0.29, 0.717) is 6.54 Å². The van der Waals surface area contributed by atoms with Crippen LogP contribution in [0.4, 0.5) is 0 Å². The van der Waals surface area contributed by atoms with Gasteiger partial charge in [-0.05, 0) is 17.5 Å². The van der Waals surface area contributed by atoms with E-state index in [1.165, 1.54) is 5.56 Å². The number of carbonyl (C=O) groups is 1. The lowest BCUT2D eigenvalue weighted by atomic mass is 10.1. The molecule has 1 amide bonds. The maximum Gasteiger partial charge on any atom is 0.243 e. The van der Waals surface area contributed by atoms with Crippen LogP contribution >= 0.6 is 0 Å². The second-order valence-corrected chi connectivity index (χ2v) is 4.88. The highest BCUT2D eigenvalue weighted by Crippen LogP contribution is 2.12. The van der Waals surface area contributed by atoms with E-state index < -0.39 is 6.04 Å². The Morgan fingerprint density at radius 2 is 1.60 bits per heavy atom. The molecule has 0 aliphatic heterocycles. The van der Waals surface area contributed by atoms with Crippen LogP contribution in [0.3, 0.4) is 0 Å².